The largest absolute Gasteiger partial charge is 0.390 e. The maximum atomic E-state index is 10.4. The zero-order chi connectivity index (χ0) is 17.0. The molecule has 0 radical (unpaired) electrons. The third-order valence-corrected chi connectivity index (χ3v) is 3.92. The second-order valence-electron chi connectivity index (χ2n) is 5.78. The molecule has 1 aromatic rings. The quantitative estimate of drug-likeness (QED) is 0.378. The summed E-state index contributed by atoms with van der Waals surface area (Å²) in [6.45, 7) is 1.70. The molecule has 0 saturated carbocycles. The molecule has 0 bridgehead atoms. The molecule has 2 unspecified atom stereocenters. The molecule has 24 heavy (non-hydrogen) atoms. The number of hydrogen-bond acceptors (Lipinski definition) is 6. The van der Waals surface area contributed by atoms with Crippen molar-refractivity contribution in [3.8, 4) is 0 Å². The van der Waals surface area contributed by atoms with Crippen LogP contribution in [0.2, 0.25) is 0 Å². The van der Waals surface area contributed by atoms with Crippen molar-refractivity contribution >= 4 is 0 Å². The van der Waals surface area contributed by atoms with E-state index in [1.54, 1.807) is 0 Å². The minimum atomic E-state index is -0.687. The third-order valence-electron chi connectivity index (χ3n) is 3.92. The highest BCUT2D eigenvalue weighted by Crippen LogP contribution is 2.14. The van der Waals surface area contributed by atoms with Crippen molar-refractivity contribution in [3.63, 3.8) is 0 Å². The van der Waals surface area contributed by atoms with Gasteiger partial charge in [0.25, 0.3) is 0 Å². The van der Waals surface area contributed by atoms with Gasteiger partial charge in [-0.3, -0.25) is 0 Å². The molecule has 0 amide bonds. The molecule has 136 valence electrons. The van der Waals surface area contributed by atoms with E-state index in [1.807, 2.05) is 30.3 Å². The van der Waals surface area contributed by atoms with Crippen LogP contribution in [0.15, 0.2) is 30.3 Å². The Morgan fingerprint density at radius 2 is 2.04 bits per heavy atom. The fourth-order valence-electron chi connectivity index (χ4n) is 2.61. The smallest absolute Gasteiger partial charge is 0.157 e. The van der Waals surface area contributed by atoms with E-state index >= 15 is 0 Å². The van der Waals surface area contributed by atoms with Gasteiger partial charge in [-0.1, -0.05) is 30.3 Å². The maximum absolute atomic E-state index is 10.4. The van der Waals surface area contributed by atoms with Crippen LogP contribution in [0.25, 0.3) is 0 Å². The molecule has 1 fully saturated rings. The summed E-state index contributed by atoms with van der Waals surface area (Å²) >= 11 is 0. The molecule has 6 heteroatoms. The summed E-state index contributed by atoms with van der Waals surface area (Å²) in [5.41, 5.74) is 1.04. The van der Waals surface area contributed by atoms with Crippen LogP contribution in [-0.4, -0.2) is 57.1 Å². The molecular weight excluding hydrogens is 312 g/mol. The molecule has 0 spiro atoms. The predicted molar refractivity (Wildman–Crippen MR) is 88.4 cm³/mol. The second kappa shape index (κ2) is 11.5. The lowest BCUT2D eigenvalue weighted by molar-refractivity contribution is -0.293. The Kier molecular flexibility index (Phi) is 9.27. The maximum Gasteiger partial charge on any atom is 0.157 e. The highest BCUT2D eigenvalue weighted by molar-refractivity contribution is 5.15. The topological polar surface area (TPSA) is 66.4 Å². The molecule has 1 aliphatic rings. The predicted octanol–water partition coefficient (Wildman–Crippen LogP) is 2.10. The molecule has 0 aliphatic carbocycles. The Balaban J connectivity index is 1.72. The summed E-state index contributed by atoms with van der Waals surface area (Å²) in [7, 11) is 1.43. The molecule has 0 aromatic heterocycles. The molecule has 1 N–H and O–H groups in total. The number of aliphatic hydroxyl groups is 1. The van der Waals surface area contributed by atoms with Gasteiger partial charge in [-0.05, 0) is 24.8 Å². The van der Waals surface area contributed by atoms with Gasteiger partial charge in [0.1, 0.15) is 12.7 Å². The van der Waals surface area contributed by atoms with Gasteiger partial charge in [0.2, 0.25) is 0 Å². The lowest BCUT2D eigenvalue weighted by Crippen LogP contribution is -2.36. The van der Waals surface area contributed by atoms with Crippen LogP contribution in [0.5, 0.6) is 0 Å². The Labute approximate surface area is 143 Å². The van der Waals surface area contributed by atoms with Crippen molar-refractivity contribution in [2.45, 2.75) is 44.2 Å². The number of ether oxygens (including phenoxy) is 3. The number of benzene rings is 1. The Hall–Kier alpha value is -1.02. The summed E-state index contributed by atoms with van der Waals surface area (Å²) in [6.07, 6.45) is 2.34. The normalized spacial score (nSPS) is 20.7. The minimum absolute atomic E-state index is 0.134. The van der Waals surface area contributed by atoms with Gasteiger partial charge in [0, 0.05) is 13.0 Å². The van der Waals surface area contributed by atoms with Crippen LogP contribution < -0.4 is 0 Å². The van der Waals surface area contributed by atoms with Crippen molar-refractivity contribution in [2.24, 2.45) is 0 Å². The van der Waals surface area contributed by atoms with E-state index in [9.17, 15) is 5.11 Å². The van der Waals surface area contributed by atoms with Gasteiger partial charge < -0.3 is 19.3 Å². The fraction of sp³-hybridized carbons (Fsp3) is 0.667. The van der Waals surface area contributed by atoms with Crippen molar-refractivity contribution in [2.75, 3.05) is 33.5 Å². The Bertz CT molecular complexity index is 421. The lowest BCUT2D eigenvalue weighted by atomic mass is 10.0. The highest BCUT2D eigenvalue weighted by atomic mass is 17.2. The summed E-state index contributed by atoms with van der Waals surface area (Å²) in [4.78, 5) is 9.58. The van der Waals surface area contributed by atoms with Crippen LogP contribution in [0.4, 0.5) is 0 Å². The molecule has 2 rings (SSSR count). The second-order valence-corrected chi connectivity index (χ2v) is 5.78. The van der Waals surface area contributed by atoms with Crippen LogP contribution in [0.3, 0.4) is 0 Å². The fourth-order valence-corrected chi connectivity index (χ4v) is 2.61. The van der Waals surface area contributed by atoms with Gasteiger partial charge in [-0.2, -0.15) is 0 Å². The molecule has 1 saturated heterocycles. The first-order chi connectivity index (χ1) is 11.8. The van der Waals surface area contributed by atoms with E-state index in [-0.39, 0.29) is 12.9 Å². The first kappa shape index (κ1) is 19.3. The molecule has 1 heterocycles. The van der Waals surface area contributed by atoms with Crippen LogP contribution in [-0.2, 0) is 30.4 Å². The minimum Gasteiger partial charge on any atom is -0.390 e. The SMILES string of the molecule is COOC[C@H](OCCOC1CCCCO1)C(O)Cc1ccccc1. The van der Waals surface area contributed by atoms with Gasteiger partial charge in [0.05, 0.1) is 26.4 Å². The van der Waals surface area contributed by atoms with E-state index in [0.29, 0.717) is 19.6 Å². The molecule has 1 aromatic carbocycles. The van der Waals surface area contributed by atoms with E-state index < -0.39 is 12.2 Å². The Morgan fingerprint density at radius 1 is 1.21 bits per heavy atom. The average molecular weight is 340 g/mol. The summed E-state index contributed by atoms with van der Waals surface area (Å²) < 4.78 is 16.9. The van der Waals surface area contributed by atoms with Gasteiger partial charge in [0.15, 0.2) is 6.29 Å². The van der Waals surface area contributed by atoms with Gasteiger partial charge >= 0.3 is 0 Å². The Morgan fingerprint density at radius 3 is 2.75 bits per heavy atom. The van der Waals surface area contributed by atoms with E-state index in [4.69, 9.17) is 19.1 Å². The van der Waals surface area contributed by atoms with E-state index in [0.717, 1.165) is 31.4 Å². The third kappa shape index (κ3) is 7.25. The molecule has 6 nitrogen and oxygen atoms in total. The van der Waals surface area contributed by atoms with Gasteiger partial charge in [-0.25, -0.2) is 9.78 Å². The van der Waals surface area contributed by atoms with Crippen molar-refractivity contribution in [3.05, 3.63) is 35.9 Å². The molecule has 3 atom stereocenters. The first-order valence-corrected chi connectivity index (χ1v) is 8.52. The molecule has 1 aliphatic heterocycles. The lowest BCUT2D eigenvalue weighted by Gasteiger charge is -2.25. The van der Waals surface area contributed by atoms with Crippen molar-refractivity contribution in [1.29, 1.82) is 0 Å². The average Bonchev–Trinajstić information content (AvgIpc) is 2.62. The van der Waals surface area contributed by atoms with Gasteiger partial charge in [-0.15, -0.1) is 0 Å². The first-order valence-electron chi connectivity index (χ1n) is 8.52. The summed E-state index contributed by atoms with van der Waals surface area (Å²) in [5, 5.41) is 10.4. The van der Waals surface area contributed by atoms with Crippen molar-refractivity contribution < 1.29 is 29.1 Å². The van der Waals surface area contributed by atoms with E-state index in [1.165, 1.54) is 7.11 Å². The number of rotatable bonds is 11. The molecular formula is C18H28O6. The highest BCUT2D eigenvalue weighted by Gasteiger charge is 2.22. The van der Waals surface area contributed by atoms with Crippen LogP contribution in [0, 0.1) is 0 Å². The standard InChI is InChI=1S/C18H28O6/c1-20-24-14-17(16(19)13-15-7-3-2-4-8-15)21-11-12-23-18-9-5-6-10-22-18/h2-4,7-8,16-19H,5-6,9-14H2,1H3/t16?,17-,18?/m0/s1. The van der Waals surface area contributed by atoms with E-state index in [2.05, 4.69) is 4.89 Å². The summed E-state index contributed by atoms with van der Waals surface area (Å²) in [5.74, 6) is 0. The van der Waals surface area contributed by atoms with Crippen molar-refractivity contribution in [1.82, 2.24) is 0 Å². The number of aliphatic hydroxyl groups excluding tert-OH is 1. The zero-order valence-corrected chi connectivity index (χ0v) is 14.3. The van der Waals surface area contributed by atoms with Crippen LogP contribution in [0.1, 0.15) is 24.8 Å². The zero-order valence-electron chi connectivity index (χ0n) is 14.3. The number of hydrogen-bond donors (Lipinski definition) is 1. The monoisotopic (exact) mass is 340 g/mol. The summed E-state index contributed by atoms with van der Waals surface area (Å²) in [6, 6.07) is 9.79. The van der Waals surface area contributed by atoms with Crippen LogP contribution >= 0.6 is 0 Å².